The van der Waals surface area contributed by atoms with Crippen molar-refractivity contribution in [1.29, 1.82) is 0 Å². The SMILES string of the molecule is CC1(C)OB(c2ccc(-c3ccccn3)c(-c3ccc(C(=O)c4ccccc4)cc3)c2)OC1(C)C. The van der Waals surface area contributed by atoms with Crippen molar-refractivity contribution in [1.82, 2.24) is 4.98 Å². The molecule has 0 unspecified atom stereocenters. The lowest BCUT2D eigenvalue weighted by molar-refractivity contribution is 0.00578. The predicted molar refractivity (Wildman–Crippen MR) is 141 cm³/mol. The quantitative estimate of drug-likeness (QED) is 0.272. The Hall–Kier alpha value is -3.54. The van der Waals surface area contributed by atoms with Crippen molar-refractivity contribution in [2.75, 3.05) is 0 Å². The first-order valence-electron chi connectivity index (χ1n) is 11.9. The van der Waals surface area contributed by atoms with Crippen LogP contribution >= 0.6 is 0 Å². The van der Waals surface area contributed by atoms with Crippen molar-refractivity contribution in [3.8, 4) is 22.4 Å². The Morgan fingerprint density at radius 2 is 1.34 bits per heavy atom. The first-order valence-corrected chi connectivity index (χ1v) is 11.9. The van der Waals surface area contributed by atoms with E-state index in [9.17, 15) is 4.79 Å². The number of pyridine rings is 1. The first-order chi connectivity index (χ1) is 16.7. The number of benzene rings is 3. The summed E-state index contributed by atoms with van der Waals surface area (Å²) < 4.78 is 12.6. The monoisotopic (exact) mass is 461 g/mol. The average Bonchev–Trinajstić information content (AvgIpc) is 3.11. The van der Waals surface area contributed by atoms with Crippen LogP contribution in [0.5, 0.6) is 0 Å². The summed E-state index contributed by atoms with van der Waals surface area (Å²) in [7, 11) is -0.463. The third kappa shape index (κ3) is 4.45. The fourth-order valence-electron chi connectivity index (χ4n) is 4.23. The number of nitrogens with zero attached hydrogens (tertiary/aromatic N) is 1. The van der Waals surface area contributed by atoms with E-state index in [1.54, 1.807) is 6.20 Å². The molecule has 2 heterocycles. The molecule has 0 aliphatic carbocycles. The molecular formula is C30H28BNO3. The van der Waals surface area contributed by atoms with Crippen molar-refractivity contribution in [3.05, 3.63) is 108 Å². The van der Waals surface area contributed by atoms with E-state index >= 15 is 0 Å². The number of rotatable bonds is 5. The molecule has 1 saturated heterocycles. The van der Waals surface area contributed by atoms with Gasteiger partial charge in [-0.1, -0.05) is 78.9 Å². The summed E-state index contributed by atoms with van der Waals surface area (Å²) in [4.78, 5) is 17.5. The molecule has 0 amide bonds. The van der Waals surface area contributed by atoms with Crippen molar-refractivity contribution >= 4 is 18.4 Å². The number of aromatic nitrogens is 1. The number of carbonyl (C=O) groups is 1. The zero-order valence-corrected chi connectivity index (χ0v) is 20.5. The number of hydrogen-bond donors (Lipinski definition) is 0. The number of carbonyl (C=O) groups excluding carboxylic acids is 1. The van der Waals surface area contributed by atoms with Crippen LogP contribution in [0.3, 0.4) is 0 Å². The molecule has 5 rings (SSSR count). The second kappa shape index (κ2) is 8.92. The molecule has 4 nitrogen and oxygen atoms in total. The zero-order chi connectivity index (χ0) is 24.6. The summed E-state index contributed by atoms with van der Waals surface area (Å²) in [6.45, 7) is 8.22. The molecule has 35 heavy (non-hydrogen) atoms. The van der Waals surface area contributed by atoms with Gasteiger partial charge in [0.25, 0.3) is 0 Å². The smallest absolute Gasteiger partial charge is 0.399 e. The van der Waals surface area contributed by atoms with Gasteiger partial charge in [0.2, 0.25) is 0 Å². The molecule has 1 aliphatic heterocycles. The van der Waals surface area contributed by atoms with Crippen molar-refractivity contribution in [2.45, 2.75) is 38.9 Å². The molecule has 5 heteroatoms. The molecule has 174 valence electrons. The van der Waals surface area contributed by atoms with Gasteiger partial charge in [0.15, 0.2) is 5.78 Å². The summed E-state index contributed by atoms with van der Waals surface area (Å²) in [5.74, 6) is 0.00747. The van der Waals surface area contributed by atoms with Crippen LogP contribution in [-0.2, 0) is 9.31 Å². The van der Waals surface area contributed by atoms with E-state index in [-0.39, 0.29) is 5.78 Å². The van der Waals surface area contributed by atoms with Gasteiger partial charge in [-0.05, 0) is 56.4 Å². The Morgan fingerprint density at radius 3 is 1.97 bits per heavy atom. The molecule has 1 aliphatic rings. The molecule has 0 saturated carbocycles. The second-order valence-electron chi connectivity index (χ2n) is 9.88. The van der Waals surface area contributed by atoms with Gasteiger partial charge in [0, 0.05) is 22.9 Å². The van der Waals surface area contributed by atoms with Crippen LogP contribution in [0.4, 0.5) is 0 Å². The molecule has 4 aromatic rings. The maximum absolute atomic E-state index is 12.9. The minimum Gasteiger partial charge on any atom is -0.399 e. The van der Waals surface area contributed by atoms with E-state index < -0.39 is 18.3 Å². The van der Waals surface area contributed by atoms with Gasteiger partial charge in [-0.2, -0.15) is 0 Å². The van der Waals surface area contributed by atoms with Gasteiger partial charge < -0.3 is 9.31 Å². The lowest BCUT2D eigenvalue weighted by Crippen LogP contribution is -2.41. The standard InChI is InChI=1S/C30H28BNO3/c1-29(2)30(3,4)35-31(34-29)24-17-18-25(27-12-8-9-19-32-27)26(20-24)21-13-15-23(16-14-21)28(33)22-10-6-5-7-11-22/h5-20H,1-4H3. The Bertz CT molecular complexity index is 1330. The molecule has 0 spiro atoms. The normalized spacial score (nSPS) is 16.3. The average molecular weight is 461 g/mol. The molecule has 0 radical (unpaired) electrons. The molecule has 0 bridgehead atoms. The fourth-order valence-corrected chi connectivity index (χ4v) is 4.23. The summed E-state index contributed by atoms with van der Waals surface area (Å²) in [6.07, 6.45) is 1.79. The molecule has 0 N–H and O–H groups in total. The van der Waals surface area contributed by atoms with Crippen molar-refractivity contribution in [2.24, 2.45) is 0 Å². The third-order valence-electron chi connectivity index (χ3n) is 7.00. The number of hydrogen-bond acceptors (Lipinski definition) is 4. The van der Waals surface area contributed by atoms with Crippen LogP contribution in [0, 0.1) is 0 Å². The van der Waals surface area contributed by atoms with E-state index in [4.69, 9.17) is 9.31 Å². The number of ketones is 1. The van der Waals surface area contributed by atoms with Crippen molar-refractivity contribution < 1.29 is 14.1 Å². The summed E-state index contributed by atoms with van der Waals surface area (Å²) in [6, 6.07) is 29.2. The van der Waals surface area contributed by atoms with E-state index in [1.165, 1.54) is 0 Å². The largest absolute Gasteiger partial charge is 0.494 e. The first kappa shape index (κ1) is 23.2. The summed E-state index contributed by atoms with van der Waals surface area (Å²) in [5, 5.41) is 0. The van der Waals surface area contributed by atoms with Gasteiger partial charge in [-0.15, -0.1) is 0 Å². The van der Waals surface area contributed by atoms with Crippen LogP contribution in [0.1, 0.15) is 43.6 Å². The Labute approximate surface area is 207 Å². The fraction of sp³-hybridized carbons (Fsp3) is 0.200. The van der Waals surface area contributed by atoms with E-state index in [0.717, 1.165) is 27.8 Å². The zero-order valence-electron chi connectivity index (χ0n) is 20.5. The van der Waals surface area contributed by atoms with E-state index in [0.29, 0.717) is 11.1 Å². The summed E-state index contributed by atoms with van der Waals surface area (Å²) in [5.41, 5.74) is 5.33. The minimum atomic E-state index is -0.463. The van der Waals surface area contributed by atoms with Crippen LogP contribution in [-0.4, -0.2) is 29.1 Å². The van der Waals surface area contributed by atoms with Gasteiger partial charge in [-0.3, -0.25) is 9.78 Å². The third-order valence-corrected chi connectivity index (χ3v) is 7.00. The highest BCUT2D eigenvalue weighted by Crippen LogP contribution is 2.37. The maximum atomic E-state index is 12.9. The lowest BCUT2D eigenvalue weighted by atomic mass is 9.76. The Morgan fingerprint density at radius 1 is 0.714 bits per heavy atom. The second-order valence-corrected chi connectivity index (χ2v) is 9.88. The molecule has 1 fully saturated rings. The van der Waals surface area contributed by atoms with Gasteiger partial charge in [0.05, 0.1) is 16.9 Å². The Kier molecular flexibility index (Phi) is 5.91. The minimum absolute atomic E-state index is 0.00747. The van der Waals surface area contributed by atoms with Crippen LogP contribution < -0.4 is 5.46 Å². The molecule has 0 atom stereocenters. The van der Waals surface area contributed by atoms with Gasteiger partial charge in [-0.25, -0.2) is 0 Å². The Balaban J connectivity index is 1.55. The highest BCUT2D eigenvalue weighted by atomic mass is 16.7. The maximum Gasteiger partial charge on any atom is 0.494 e. The van der Waals surface area contributed by atoms with Crippen LogP contribution in [0.15, 0.2) is 97.2 Å². The molecule has 1 aromatic heterocycles. The van der Waals surface area contributed by atoms with Crippen LogP contribution in [0.2, 0.25) is 0 Å². The highest BCUT2D eigenvalue weighted by Gasteiger charge is 2.51. The van der Waals surface area contributed by atoms with Crippen molar-refractivity contribution in [3.63, 3.8) is 0 Å². The summed E-state index contributed by atoms with van der Waals surface area (Å²) >= 11 is 0. The highest BCUT2D eigenvalue weighted by molar-refractivity contribution is 6.62. The van der Waals surface area contributed by atoms with Crippen LogP contribution in [0.25, 0.3) is 22.4 Å². The molecular weight excluding hydrogens is 433 g/mol. The van der Waals surface area contributed by atoms with Gasteiger partial charge >= 0.3 is 7.12 Å². The van der Waals surface area contributed by atoms with Gasteiger partial charge in [0.1, 0.15) is 0 Å². The lowest BCUT2D eigenvalue weighted by Gasteiger charge is -2.32. The van der Waals surface area contributed by atoms with E-state index in [2.05, 4.69) is 44.8 Å². The predicted octanol–water partition coefficient (Wildman–Crippen LogP) is 5.95. The molecule has 3 aromatic carbocycles. The van der Waals surface area contributed by atoms with E-state index in [1.807, 2.05) is 78.9 Å². The topological polar surface area (TPSA) is 48.4 Å².